The summed E-state index contributed by atoms with van der Waals surface area (Å²) in [5.41, 5.74) is 4.77. The normalized spacial score (nSPS) is 13.3. The minimum absolute atomic E-state index is 0.0715. The van der Waals surface area contributed by atoms with E-state index in [9.17, 15) is 9.18 Å². The Bertz CT molecular complexity index is 1300. The predicted molar refractivity (Wildman–Crippen MR) is 121 cm³/mol. The van der Waals surface area contributed by atoms with Crippen LogP contribution in [0.4, 0.5) is 4.39 Å². The third-order valence-corrected chi connectivity index (χ3v) is 6.72. The van der Waals surface area contributed by atoms with E-state index in [1.54, 1.807) is 26.4 Å². The maximum absolute atomic E-state index is 13.2. The number of carbonyl (C=O) groups excluding carboxylic acids is 1. The molecule has 0 N–H and O–H groups in total. The van der Waals surface area contributed by atoms with Gasteiger partial charge in [-0.15, -0.1) is 11.3 Å². The van der Waals surface area contributed by atoms with E-state index < -0.39 is 0 Å². The molecule has 3 heterocycles. The lowest BCUT2D eigenvalue weighted by atomic mass is 9.98. The van der Waals surface area contributed by atoms with Gasteiger partial charge in [-0.3, -0.25) is 9.20 Å². The van der Waals surface area contributed by atoms with Gasteiger partial charge >= 0.3 is 0 Å². The number of amides is 1. The number of aromatic nitrogens is 2. The fourth-order valence-corrected chi connectivity index (χ4v) is 4.95. The zero-order chi connectivity index (χ0) is 22.2. The van der Waals surface area contributed by atoms with Crippen LogP contribution in [-0.2, 0) is 24.2 Å². The summed E-state index contributed by atoms with van der Waals surface area (Å²) in [6.07, 6.45) is 2.98. The number of hydrogen-bond donors (Lipinski definition) is 0. The van der Waals surface area contributed by atoms with Crippen molar-refractivity contribution in [1.29, 1.82) is 0 Å². The summed E-state index contributed by atoms with van der Waals surface area (Å²) in [6.45, 7) is 1.21. The van der Waals surface area contributed by atoms with Crippen LogP contribution in [0.5, 0.6) is 11.5 Å². The molecule has 4 aromatic rings. The number of carbonyl (C=O) groups is 1. The molecule has 0 saturated carbocycles. The van der Waals surface area contributed by atoms with Crippen LogP contribution in [0.2, 0.25) is 0 Å². The van der Waals surface area contributed by atoms with Gasteiger partial charge in [0.1, 0.15) is 5.82 Å². The molecule has 164 valence electrons. The second-order valence-corrected chi connectivity index (χ2v) is 8.57. The molecule has 1 aliphatic heterocycles. The molecule has 0 bridgehead atoms. The van der Waals surface area contributed by atoms with Gasteiger partial charge in [-0.2, -0.15) is 0 Å². The van der Waals surface area contributed by atoms with Crippen molar-refractivity contribution >= 4 is 22.2 Å². The van der Waals surface area contributed by atoms with Gasteiger partial charge in [-0.05, 0) is 53.9 Å². The van der Waals surface area contributed by atoms with E-state index >= 15 is 0 Å². The highest BCUT2D eigenvalue weighted by Gasteiger charge is 2.24. The monoisotopic (exact) mass is 451 g/mol. The van der Waals surface area contributed by atoms with E-state index in [2.05, 4.69) is 4.98 Å². The quantitative estimate of drug-likeness (QED) is 0.453. The molecule has 0 atom stereocenters. The fourth-order valence-electron chi connectivity index (χ4n) is 4.08. The average Bonchev–Trinajstić information content (AvgIpc) is 3.40. The molecule has 0 fully saturated rings. The zero-order valence-electron chi connectivity index (χ0n) is 17.8. The van der Waals surface area contributed by atoms with Crippen molar-refractivity contribution in [2.75, 3.05) is 20.8 Å². The number of rotatable bonds is 5. The Morgan fingerprint density at radius 1 is 1.12 bits per heavy atom. The summed E-state index contributed by atoms with van der Waals surface area (Å²) in [6, 6.07) is 10.2. The van der Waals surface area contributed by atoms with Crippen LogP contribution >= 0.6 is 11.3 Å². The van der Waals surface area contributed by atoms with Gasteiger partial charge in [0.15, 0.2) is 16.5 Å². The zero-order valence-corrected chi connectivity index (χ0v) is 18.6. The highest BCUT2D eigenvalue weighted by molar-refractivity contribution is 7.15. The van der Waals surface area contributed by atoms with Crippen molar-refractivity contribution in [1.82, 2.24) is 14.3 Å². The van der Waals surface area contributed by atoms with Crippen molar-refractivity contribution in [3.05, 3.63) is 70.6 Å². The van der Waals surface area contributed by atoms with E-state index in [4.69, 9.17) is 9.47 Å². The molecule has 6 nitrogen and oxygen atoms in total. The predicted octanol–water partition coefficient (Wildman–Crippen LogP) is 4.35. The number of nitrogens with zero attached hydrogens (tertiary/aromatic N) is 3. The minimum Gasteiger partial charge on any atom is -0.493 e. The second-order valence-electron chi connectivity index (χ2n) is 7.73. The Labute approximate surface area is 188 Å². The number of imidazole rings is 1. The molecule has 0 spiro atoms. The number of methoxy groups -OCH3 is 2. The Hall–Kier alpha value is -3.39. The molecule has 1 aliphatic rings. The lowest BCUT2D eigenvalue weighted by Crippen LogP contribution is -2.37. The van der Waals surface area contributed by atoms with Crippen molar-refractivity contribution in [2.24, 2.45) is 0 Å². The van der Waals surface area contributed by atoms with Crippen LogP contribution in [-0.4, -0.2) is 41.0 Å². The molecule has 2 aromatic carbocycles. The third-order valence-electron chi connectivity index (χ3n) is 5.83. The summed E-state index contributed by atoms with van der Waals surface area (Å²) >= 11 is 1.50. The highest BCUT2D eigenvalue weighted by Crippen LogP contribution is 2.33. The van der Waals surface area contributed by atoms with E-state index in [-0.39, 0.29) is 11.7 Å². The number of benzene rings is 2. The van der Waals surface area contributed by atoms with Gasteiger partial charge in [0.2, 0.25) is 5.91 Å². The van der Waals surface area contributed by atoms with Crippen molar-refractivity contribution < 1.29 is 18.7 Å². The first-order chi connectivity index (χ1) is 15.6. The SMILES string of the molecule is COc1cc2c(cc1OC)CN(C(=O)Cc1csc3nc(-c4ccc(F)cc4)cn13)CC2. The third kappa shape index (κ3) is 3.71. The Kier molecular flexibility index (Phi) is 5.30. The molecule has 0 unspecified atom stereocenters. The number of ether oxygens (including phenoxy) is 2. The molecule has 0 aliphatic carbocycles. The fraction of sp³-hybridized carbons (Fsp3) is 0.250. The summed E-state index contributed by atoms with van der Waals surface area (Å²) in [5.74, 6) is 1.18. The van der Waals surface area contributed by atoms with Gasteiger partial charge in [0.25, 0.3) is 0 Å². The molecule has 8 heteroatoms. The van der Waals surface area contributed by atoms with Crippen LogP contribution < -0.4 is 9.47 Å². The molecular formula is C24H22FN3O3S. The van der Waals surface area contributed by atoms with E-state index in [1.807, 2.05) is 33.0 Å². The lowest BCUT2D eigenvalue weighted by Gasteiger charge is -2.29. The Morgan fingerprint density at radius 3 is 2.56 bits per heavy atom. The number of fused-ring (bicyclic) bond motifs is 2. The molecule has 0 saturated heterocycles. The van der Waals surface area contributed by atoms with Crippen LogP contribution in [0, 0.1) is 5.82 Å². The molecular weight excluding hydrogens is 429 g/mol. The van der Waals surface area contributed by atoms with Gasteiger partial charge in [-0.1, -0.05) is 0 Å². The number of hydrogen-bond acceptors (Lipinski definition) is 5. The largest absolute Gasteiger partial charge is 0.493 e. The summed E-state index contributed by atoms with van der Waals surface area (Å²) < 4.78 is 26.0. The van der Waals surface area contributed by atoms with Crippen LogP contribution in [0.15, 0.2) is 48.0 Å². The van der Waals surface area contributed by atoms with Gasteiger partial charge in [0.05, 0.1) is 26.3 Å². The van der Waals surface area contributed by atoms with Crippen LogP contribution in [0.3, 0.4) is 0 Å². The second kappa shape index (κ2) is 8.27. The first kappa shape index (κ1) is 20.5. The summed E-state index contributed by atoms with van der Waals surface area (Å²) in [4.78, 5) is 20.4. The van der Waals surface area contributed by atoms with E-state index in [0.29, 0.717) is 31.0 Å². The van der Waals surface area contributed by atoms with Gasteiger partial charge in [-0.25, -0.2) is 9.37 Å². The molecule has 0 radical (unpaired) electrons. The Balaban J connectivity index is 1.35. The van der Waals surface area contributed by atoms with E-state index in [1.165, 1.54) is 29.0 Å². The van der Waals surface area contributed by atoms with Crippen molar-refractivity contribution in [3.63, 3.8) is 0 Å². The molecule has 1 amide bonds. The molecule has 5 rings (SSSR count). The maximum Gasteiger partial charge on any atom is 0.228 e. The smallest absolute Gasteiger partial charge is 0.228 e. The minimum atomic E-state index is -0.278. The van der Waals surface area contributed by atoms with Gasteiger partial charge < -0.3 is 14.4 Å². The first-order valence-corrected chi connectivity index (χ1v) is 11.2. The standard InChI is InChI=1S/C24H22FN3O3S/c1-30-21-9-16-7-8-27(12-17(16)10-22(21)31-2)23(29)11-19-14-32-24-26-20(13-28(19)24)15-3-5-18(25)6-4-15/h3-6,9-10,13-14H,7-8,11-12H2,1-2H3. The Morgan fingerprint density at radius 2 is 1.84 bits per heavy atom. The summed E-state index contributed by atoms with van der Waals surface area (Å²) in [5, 5.41) is 1.97. The topological polar surface area (TPSA) is 56.1 Å². The van der Waals surface area contributed by atoms with Crippen LogP contribution in [0.25, 0.3) is 16.2 Å². The average molecular weight is 452 g/mol. The van der Waals surface area contributed by atoms with Crippen LogP contribution in [0.1, 0.15) is 16.8 Å². The first-order valence-electron chi connectivity index (χ1n) is 10.3. The van der Waals surface area contributed by atoms with Gasteiger partial charge in [0, 0.05) is 35.9 Å². The summed E-state index contributed by atoms with van der Waals surface area (Å²) in [7, 11) is 3.24. The highest BCUT2D eigenvalue weighted by atomic mass is 32.1. The molecule has 32 heavy (non-hydrogen) atoms. The van der Waals surface area contributed by atoms with Crippen molar-refractivity contribution in [2.45, 2.75) is 19.4 Å². The number of halogens is 1. The van der Waals surface area contributed by atoms with Crippen molar-refractivity contribution in [3.8, 4) is 22.8 Å². The van der Waals surface area contributed by atoms with E-state index in [0.717, 1.165) is 33.9 Å². The number of thiazole rings is 1. The molecule has 2 aromatic heterocycles. The lowest BCUT2D eigenvalue weighted by molar-refractivity contribution is -0.131. The maximum atomic E-state index is 13.2.